The van der Waals surface area contributed by atoms with Crippen LogP contribution in [0.1, 0.15) is 46.8 Å². The number of rotatable bonds is 2. The molecular formula is C21H20F3NO3. The number of carbonyl (C=O) groups is 1. The van der Waals surface area contributed by atoms with Crippen LogP contribution in [0.5, 0.6) is 11.5 Å². The first-order valence-electron chi connectivity index (χ1n) is 9.31. The van der Waals surface area contributed by atoms with Gasteiger partial charge in [0.1, 0.15) is 0 Å². The predicted molar refractivity (Wildman–Crippen MR) is 96.5 cm³/mol. The van der Waals surface area contributed by atoms with E-state index in [1.165, 1.54) is 12.1 Å². The van der Waals surface area contributed by atoms with Crippen molar-refractivity contribution in [2.75, 3.05) is 19.8 Å². The molecule has 148 valence electrons. The fraction of sp³-hybridized carbons (Fsp3) is 0.381. The zero-order chi connectivity index (χ0) is 19.7. The number of carbonyl (C=O) groups excluding carboxylic acids is 1. The third kappa shape index (κ3) is 3.66. The van der Waals surface area contributed by atoms with Gasteiger partial charge in [0.2, 0.25) is 0 Å². The summed E-state index contributed by atoms with van der Waals surface area (Å²) in [6.07, 6.45) is -1.97. The average Bonchev–Trinajstić information content (AvgIpc) is 3.05. The molecule has 28 heavy (non-hydrogen) atoms. The Morgan fingerprint density at radius 2 is 1.68 bits per heavy atom. The van der Waals surface area contributed by atoms with Gasteiger partial charge in [-0.1, -0.05) is 6.07 Å². The summed E-state index contributed by atoms with van der Waals surface area (Å²) < 4.78 is 49.7. The van der Waals surface area contributed by atoms with E-state index in [0.717, 1.165) is 37.0 Å². The Balaban J connectivity index is 1.56. The van der Waals surface area contributed by atoms with Crippen molar-refractivity contribution in [3.63, 3.8) is 0 Å². The number of hydrogen-bond acceptors (Lipinski definition) is 3. The largest absolute Gasteiger partial charge is 0.490 e. The van der Waals surface area contributed by atoms with E-state index in [1.807, 2.05) is 18.2 Å². The molecule has 4 rings (SSSR count). The van der Waals surface area contributed by atoms with Crippen molar-refractivity contribution >= 4 is 5.91 Å². The lowest BCUT2D eigenvalue weighted by Crippen LogP contribution is -2.30. The molecule has 1 unspecified atom stereocenters. The second-order valence-electron chi connectivity index (χ2n) is 6.99. The van der Waals surface area contributed by atoms with Crippen LogP contribution in [0.25, 0.3) is 0 Å². The molecule has 0 aromatic heterocycles. The van der Waals surface area contributed by atoms with Crippen molar-refractivity contribution in [3.8, 4) is 11.5 Å². The molecule has 1 fully saturated rings. The van der Waals surface area contributed by atoms with Crippen LogP contribution in [0, 0.1) is 0 Å². The van der Waals surface area contributed by atoms with Gasteiger partial charge in [0.15, 0.2) is 11.5 Å². The van der Waals surface area contributed by atoms with Crippen LogP contribution in [0.3, 0.4) is 0 Å². The number of likely N-dealkylation sites (tertiary alicyclic amines) is 1. The third-order valence-electron chi connectivity index (χ3n) is 5.13. The average molecular weight is 391 g/mol. The van der Waals surface area contributed by atoms with Gasteiger partial charge >= 0.3 is 6.18 Å². The quantitative estimate of drug-likeness (QED) is 0.735. The zero-order valence-electron chi connectivity index (χ0n) is 15.2. The smallest absolute Gasteiger partial charge is 0.416 e. The summed E-state index contributed by atoms with van der Waals surface area (Å²) in [6.45, 7) is 1.75. The van der Waals surface area contributed by atoms with Crippen molar-refractivity contribution in [2.45, 2.75) is 31.5 Å². The molecule has 0 saturated carbocycles. The maximum atomic E-state index is 12.9. The topological polar surface area (TPSA) is 38.8 Å². The molecule has 0 N–H and O–H groups in total. The number of benzene rings is 2. The number of halogens is 3. The minimum absolute atomic E-state index is 0.132. The van der Waals surface area contributed by atoms with Gasteiger partial charge in [-0.15, -0.1) is 0 Å². The summed E-state index contributed by atoms with van der Waals surface area (Å²) >= 11 is 0. The molecule has 1 atom stereocenters. The Hall–Kier alpha value is -2.70. The second kappa shape index (κ2) is 7.37. The standard InChI is InChI=1S/C21H20F3NO3/c22-21(23,24)16-7-4-14(5-8-16)20(26)25-10-1-3-17(25)15-6-9-18-19(13-15)28-12-2-11-27-18/h4-9,13,17H,1-3,10-12H2. The molecule has 1 saturated heterocycles. The van der Waals surface area contributed by atoms with E-state index in [4.69, 9.17) is 9.47 Å². The van der Waals surface area contributed by atoms with Gasteiger partial charge in [0.05, 0.1) is 24.8 Å². The molecule has 2 aliphatic heterocycles. The highest BCUT2D eigenvalue weighted by Gasteiger charge is 2.33. The van der Waals surface area contributed by atoms with E-state index < -0.39 is 11.7 Å². The van der Waals surface area contributed by atoms with E-state index in [0.29, 0.717) is 31.3 Å². The first-order chi connectivity index (χ1) is 13.4. The lowest BCUT2D eigenvalue weighted by molar-refractivity contribution is -0.137. The van der Waals surface area contributed by atoms with Gasteiger partial charge in [-0.3, -0.25) is 4.79 Å². The fourth-order valence-electron chi connectivity index (χ4n) is 3.71. The minimum Gasteiger partial charge on any atom is -0.490 e. The Bertz CT molecular complexity index is 864. The monoisotopic (exact) mass is 391 g/mol. The van der Waals surface area contributed by atoms with Gasteiger partial charge in [-0.25, -0.2) is 0 Å². The predicted octanol–water partition coefficient (Wildman–Crippen LogP) is 4.84. The molecule has 7 heteroatoms. The molecular weight excluding hydrogens is 371 g/mol. The van der Waals surface area contributed by atoms with Crippen molar-refractivity contribution < 1.29 is 27.4 Å². The van der Waals surface area contributed by atoms with Crippen LogP contribution in [0.15, 0.2) is 42.5 Å². The van der Waals surface area contributed by atoms with Gasteiger partial charge in [0, 0.05) is 18.5 Å². The van der Waals surface area contributed by atoms with Gasteiger partial charge in [-0.05, 0) is 54.8 Å². The van der Waals surface area contributed by atoms with Gasteiger partial charge in [-0.2, -0.15) is 13.2 Å². The number of alkyl halides is 3. The molecule has 0 spiro atoms. The Morgan fingerprint density at radius 3 is 2.39 bits per heavy atom. The SMILES string of the molecule is O=C(c1ccc(C(F)(F)F)cc1)N1CCCC1c1ccc2c(c1)OCCCO2. The summed E-state index contributed by atoms with van der Waals surface area (Å²) in [7, 11) is 0. The lowest BCUT2D eigenvalue weighted by Gasteiger charge is -2.26. The van der Waals surface area contributed by atoms with Crippen LogP contribution in [0.4, 0.5) is 13.2 Å². The summed E-state index contributed by atoms with van der Waals surface area (Å²) in [6, 6.07) is 9.95. The minimum atomic E-state index is -4.42. The van der Waals surface area contributed by atoms with Gasteiger partial charge < -0.3 is 14.4 Å². The first-order valence-corrected chi connectivity index (χ1v) is 9.31. The Kier molecular flexibility index (Phi) is 4.91. The first kappa shape index (κ1) is 18.7. The maximum absolute atomic E-state index is 12.9. The molecule has 0 bridgehead atoms. The zero-order valence-corrected chi connectivity index (χ0v) is 15.2. The molecule has 2 aromatic carbocycles. The highest BCUT2D eigenvalue weighted by atomic mass is 19.4. The van der Waals surface area contributed by atoms with Crippen molar-refractivity contribution in [3.05, 3.63) is 59.2 Å². The molecule has 4 nitrogen and oxygen atoms in total. The molecule has 0 radical (unpaired) electrons. The Morgan fingerprint density at radius 1 is 0.964 bits per heavy atom. The van der Waals surface area contributed by atoms with Crippen LogP contribution in [0.2, 0.25) is 0 Å². The van der Waals surface area contributed by atoms with E-state index in [-0.39, 0.29) is 17.5 Å². The molecule has 2 aliphatic rings. The van der Waals surface area contributed by atoms with Crippen molar-refractivity contribution in [1.29, 1.82) is 0 Å². The fourth-order valence-corrected chi connectivity index (χ4v) is 3.71. The highest BCUT2D eigenvalue weighted by molar-refractivity contribution is 5.94. The third-order valence-corrected chi connectivity index (χ3v) is 5.13. The number of nitrogens with zero attached hydrogens (tertiary/aromatic N) is 1. The van der Waals surface area contributed by atoms with Crippen molar-refractivity contribution in [2.24, 2.45) is 0 Å². The molecule has 2 aromatic rings. The summed E-state index contributed by atoms with van der Waals surface area (Å²) in [5.74, 6) is 1.10. The van der Waals surface area contributed by atoms with Crippen LogP contribution < -0.4 is 9.47 Å². The summed E-state index contributed by atoms with van der Waals surface area (Å²) in [5, 5.41) is 0. The van der Waals surface area contributed by atoms with E-state index in [1.54, 1.807) is 4.90 Å². The number of amides is 1. The molecule has 2 heterocycles. The van der Waals surface area contributed by atoms with Crippen LogP contribution in [-0.4, -0.2) is 30.6 Å². The molecule has 1 amide bonds. The van der Waals surface area contributed by atoms with Crippen molar-refractivity contribution in [1.82, 2.24) is 4.90 Å². The van der Waals surface area contributed by atoms with Gasteiger partial charge in [0.25, 0.3) is 5.91 Å². The van der Waals surface area contributed by atoms with Crippen LogP contribution >= 0.6 is 0 Å². The van der Waals surface area contributed by atoms with E-state index in [2.05, 4.69) is 0 Å². The van der Waals surface area contributed by atoms with Crippen LogP contribution in [-0.2, 0) is 6.18 Å². The number of ether oxygens (including phenoxy) is 2. The second-order valence-corrected chi connectivity index (χ2v) is 6.99. The summed E-state index contributed by atoms with van der Waals surface area (Å²) in [4.78, 5) is 14.6. The highest BCUT2D eigenvalue weighted by Crippen LogP contribution is 2.38. The number of fused-ring (bicyclic) bond motifs is 1. The maximum Gasteiger partial charge on any atom is 0.416 e. The molecule has 0 aliphatic carbocycles. The lowest BCUT2D eigenvalue weighted by atomic mass is 10.0. The Labute approximate surface area is 160 Å². The van der Waals surface area contributed by atoms with E-state index in [9.17, 15) is 18.0 Å². The summed E-state index contributed by atoms with van der Waals surface area (Å²) in [5.41, 5.74) is 0.446. The normalized spacial score (nSPS) is 19.4. The number of hydrogen-bond donors (Lipinski definition) is 0. The van der Waals surface area contributed by atoms with E-state index >= 15 is 0 Å².